The molecule has 0 bridgehead atoms. The van der Waals surface area contributed by atoms with Crippen molar-refractivity contribution in [2.24, 2.45) is 10.1 Å². The topological polar surface area (TPSA) is 73.7 Å². The monoisotopic (exact) mass is 399 g/mol. The molecule has 0 fully saturated rings. The second-order valence-electron chi connectivity index (χ2n) is 6.13. The molecule has 0 spiro atoms. The summed E-state index contributed by atoms with van der Waals surface area (Å²) in [7, 11) is 3.21. The number of thioether (sulfide) groups is 1. The summed E-state index contributed by atoms with van der Waals surface area (Å²) in [5.74, 6) is 3.58. The zero-order chi connectivity index (χ0) is 19.3. The number of methoxy groups -OCH3 is 2. The Balaban J connectivity index is 1.50. The van der Waals surface area contributed by atoms with Gasteiger partial charge in [0.2, 0.25) is 0 Å². The Bertz CT molecular complexity index is 930. The zero-order valence-electron chi connectivity index (χ0n) is 15.7. The molecule has 0 atom stereocenters. The fraction of sp³-hybridized carbons (Fsp3) is 0.300. The van der Waals surface area contributed by atoms with E-state index in [2.05, 4.69) is 15.5 Å². The minimum absolute atomic E-state index is 0.640. The lowest BCUT2D eigenvalue weighted by molar-refractivity contribution is 0.297. The van der Waals surface area contributed by atoms with Crippen LogP contribution in [0.1, 0.15) is 12.0 Å². The molecule has 2 aliphatic heterocycles. The van der Waals surface area contributed by atoms with E-state index in [0.29, 0.717) is 30.5 Å². The molecule has 2 heterocycles. The molecule has 4 rings (SSSR count). The summed E-state index contributed by atoms with van der Waals surface area (Å²) >= 11 is 1.59. The predicted molar refractivity (Wildman–Crippen MR) is 111 cm³/mol. The van der Waals surface area contributed by atoms with Gasteiger partial charge in [0.25, 0.3) is 0 Å². The van der Waals surface area contributed by atoms with Crippen LogP contribution in [0.25, 0.3) is 0 Å². The third-order valence-electron chi connectivity index (χ3n) is 4.31. The van der Waals surface area contributed by atoms with Crippen molar-refractivity contribution in [1.82, 2.24) is 5.43 Å². The molecule has 7 nitrogen and oxygen atoms in total. The van der Waals surface area contributed by atoms with Gasteiger partial charge in [-0.2, -0.15) is 5.10 Å². The van der Waals surface area contributed by atoms with Gasteiger partial charge in [-0.3, -0.25) is 5.43 Å². The maximum atomic E-state index is 5.77. The molecule has 2 aliphatic rings. The molecule has 0 saturated heterocycles. The first-order valence-corrected chi connectivity index (χ1v) is 9.91. The number of fused-ring (bicyclic) bond motifs is 1. The highest BCUT2D eigenvalue weighted by Gasteiger charge is 2.17. The predicted octanol–water partition coefficient (Wildman–Crippen LogP) is 3.59. The Morgan fingerprint density at radius 3 is 2.57 bits per heavy atom. The van der Waals surface area contributed by atoms with Gasteiger partial charge in [-0.05, 0) is 30.3 Å². The fourth-order valence-corrected chi connectivity index (χ4v) is 3.66. The van der Waals surface area contributed by atoms with Gasteiger partial charge in [0, 0.05) is 23.8 Å². The molecule has 146 valence electrons. The summed E-state index contributed by atoms with van der Waals surface area (Å²) in [5.41, 5.74) is 5.74. The number of aliphatic imine (C=N–C) groups is 1. The SMILES string of the molecule is COc1ccc(N=C2NN=C(c3ccc4c(c3)OCCCO4)CS2)cc1OC. The maximum Gasteiger partial charge on any atom is 0.182 e. The average Bonchev–Trinajstić information content (AvgIpc) is 2.99. The minimum Gasteiger partial charge on any atom is -0.493 e. The van der Waals surface area contributed by atoms with E-state index in [0.717, 1.165) is 40.1 Å². The molecule has 2 aromatic carbocycles. The molecule has 2 aromatic rings. The fourth-order valence-electron chi connectivity index (χ4n) is 2.88. The lowest BCUT2D eigenvalue weighted by Gasteiger charge is -2.16. The van der Waals surface area contributed by atoms with E-state index in [-0.39, 0.29) is 0 Å². The summed E-state index contributed by atoms with van der Waals surface area (Å²) in [4.78, 5) is 4.59. The third kappa shape index (κ3) is 4.01. The van der Waals surface area contributed by atoms with Gasteiger partial charge >= 0.3 is 0 Å². The first-order chi connectivity index (χ1) is 13.8. The Morgan fingerprint density at radius 2 is 1.82 bits per heavy atom. The first kappa shape index (κ1) is 18.5. The molecule has 1 N–H and O–H groups in total. The van der Waals surface area contributed by atoms with Crippen LogP contribution in [-0.4, -0.2) is 44.1 Å². The van der Waals surface area contributed by atoms with Gasteiger partial charge in [-0.1, -0.05) is 11.8 Å². The van der Waals surface area contributed by atoms with Crippen LogP contribution in [0.4, 0.5) is 5.69 Å². The third-order valence-corrected chi connectivity index (χ3v) is 5.18. The van der Waals surface area contributed by atoms with E-state index in [1.54, 1.807) is 26.0 Å². The minimum atomic E-state index is 0.640. The largest absolute Gasteiger partial charge is 0.493 e. The molecule has 8 heteroatoms. The molecule has 0 aromatic heterocycles. The van der Waals surface area contributed by atoms with Crippen molar-refractivity contribution in [2.45, 2.75) is 6.42 Å². The Labute approximate surface area is 167 Å². The van der Waals surface area contributed by atoms with Gasteiger partial charge in [0.05, 0.1) is 38.8 Å². The first-order valence-electron chi connectivity index (χ1n) is 8.93. The maximum absolute atomic E-state index is 5.77. The number of hydrogen-bond acceptors (Lipinski definition) is 7. The van der Waals surface area contributed by atoms with Crippen LogP contribution in [0.3, 0.4) is 0 Å². The normalized spacial score (nSPS) is 17.4. The summed E-state index contributed by atoms with van der Waals surface area (Å²) in [5, 5.41) is 5.22. The average molecular weight is 399 g/mol. The Kier molecular flexibility index (Phi) is 5.57. The van der Waals surface area contributed by atoms with Crippen LogP contribution in [0.5, 0.6) is 23.0 Å². The number of hydrazone groups is 1. The number of ether oxygens (including phenoxy) is 4. The highest BCUT2D eigenvalue weighted by molar-refractivity contribution is 8.14. The highest BCUT2D eigenvalue weighted by Crippen LogP contribution is 2.33. The summed E-state index contributed by atoms with van der Waals surface area (Å²) in [6.07, 6.45) is 0.887. The van der Waals surface area contributed by atoms with E-state index < -0.39 is 0 Å². The molecule has 0 aliphatic carbocycles. The summed E-state index contributed by atoms with van der Waals surface area (Å²) in [6, 6.07) is 11.5. The van der Waals surface area contributed by atoms with Gasteiger partial charge in [-0.25, -0.2) is 4.99 Å². The van der Waals surface area contributed by atoms with E-state index in [4.69, 9.17) is 18.9 Å². The van der Waals surface area contributed by atoms with Crippen molar-refractivity contribution in [2.75, 3.05) is 33.2 Å². The number of benzene rings is 2. The molecular weight excluding hydrogens is 378 g/mol. The Hall–Kier alpha value is -2.87. The van der Waals surface area contributed by atoms with E-state index in [9.17, 15) is 0 Å². The standard InChI is InChI=1S/C20H21N3O4S/c1-24-16-7-5-14(11-18(16)25-2)21-20-23-22-15(12-28-20)13-4-6-17-19(10-13)27-9-3-8-26-17/h4-7,10-11H,3,8-9,12H2,1-2H3,(H,21,23). The van der Waals surface area contributed by atoms with Crippen LogP contribution in [-0.2, 0) is 0 Å². The molecule has 28 heavy (non-hydrogen) atoms. The van der Waals surface area contributed by atoms with Crippen LogP contribution in [0.2, 0.25) is 0 Å². The summed E-state index contributed by atoms with van der Waals surface area (Å²) < 4.78 is 22.0. The van der Waals surface area contributed by atoms with E-state index in [1.165, 1.54) is 0 Å². The smallest absolute Gasteiger partial charge is 0.182 e. The second kappa shape index (κ2) is 8.43. The number of nitrogens with zero attached hydrogens (tertiary/aromatic N) is 2. The number of nitrogens with one attached hydrogen (secondary N) is 1. The summed E-state index contributed by atoms with van der Waals surface area (Å²) in [6.45, 7) is 1.35. The van der Waals surface area contributed by atoms with Crippen LogP contribution in [0, 0.1) is 0 Å². The van der Waals surface area contributed by atoms with Gasteiger partial charge in [0.1, 0.15) is 0 Å². The molecule has 0 saturated carbocycles. The Morgan fingerprint density at radius 1 is 1.00 bits per heavy atom. The lowest BCUT2D eigenvalue weighted by atomic mass is 10.1. The zero-order valence-corrected chi connectivity index (χ0v) is 16.5. The lowest BCUT2D eigenvalue weighted by Crippen LogP contribution is -2.25. The molecular formula is C20H21N3O4S. The van der Waals surface area contributed by atoms with Gasteiger partial charge in [-0.15, -0.1) is 0 Å². The van der Waals surface area contributed by atoms with Crippen LogP contribution < -0.4 is 24.4 Å². The van der Waals surface area contributed by atoms with Crippen molar-refractivity contribution in [3.05, 3.63) is 42.0 Å². The quantitative estimate of drug-likeness (QED) is 0.847. The van der Waals surface area contributed by atoms with Gasteiger partial charge in [0.15, 0.2) is 28.2 Å². The number of amidine groups is 1. The van der Waals surface area contributed by atoms with E-state index in [1.807, 2.05) is 36.4 Å². The molecule has 0 amide bonds. The van der Waals surface area contributed by atoms with Crippen molar-refractivity contribution >= 4 is 28.3 Å². The number of rotatable bonds is 4. The number of hydrogen-bond donors (Lipinski definition) is 1. The molecule has 0 unspecified atom stereocenters. The van der Waals surface area contributed by atoms with E-state index >= 15 is 0 Å². The van der Waals surface area contributed by atoms with Crippen molar-refractivity contribution in [3.8, 4) is 23.0 Å². The van der Waals surface area contributed by atoms with Crippen molar-refractivity contribution < 1.29 is 18.9 Å². The second-order valence-corrected chi connectivity index (χ2v) is 7.09. The highest BCUT2D eigenvalue weighted by atomic mass is 32.2. The van der Waals surface area contributed by atoms with Crippen molar-refractivity contribution in [3.63, 3.8) is 0 Å². The van der Waals surface area contributed by atoms with Gasteiger partial charge < -0.3 is 18.9 Å². The van der Waals surface area contributed by atoms with Crippen molar-refractivity contribution in [1.29, 1.82) is 0 Å². The molecule has 0 radical (unpaired) electrons. The van der Waals surface area contributed by atoms with Crippen LogP contribution >= 0.6 is 11.8 Å². The van der Waals surface area contributed by atoms with Crippen LogP contribution in [0.15, 0.2) is 46.5 Å².